The van der Waals surface area contributed by atoms with Gasteiger partial charge in [0.1, 0.15) is 0 Å². The van der Waals surface area contributed by atoms with Gasteiger partial charge in [-0.05, 0) is 56.5 Å². The summed E-state index contributed by atoms with van der Waals surface area (Å²) in [7, 11) is -3.41. The molecule has 4 nitrogen and oxygen atoms in total. The molecule has 1 aliphatic rings. The lowest BCUT2D eigenvalue weighted by molar-refractivity contribution is 0.384. The zero-order valence-electron chi connectivity index (χ0n) is 15.4. The van der Waals surface area contributed by atoms with Gasteiger partial charge in [-0.15, -0.1) is 0 Å². The maximum atomic E-state index is 12.9. The molecule has 3 rings (SSSR count). The molecule has 1 aliphatic heterocycles. The van der Waals surface area contributed by atoms with Gasteiger partial charge in [-0.3, -0.25) is 0 Å². The number of rotatable bonds is 3. The maximum absolute atomic E-state index is 12.9. The average Bonchev–Trinajstić information content (AvgIpc) is 2.54. The van der Waals surface area contributed by atoms with E-state index in [0.29, 0.717) is 18.0 Å². The van der Waals surface area contributed by atoms with Crippen molar-refractivity contribution in [3.63, 3.8) is 0 Å². The van der Waals surface area contributed by atoms with E-state index in [1.807, 2.05) is 13.0 Å². The minimum atomic E-state index is -3.41. The third kappa shape index (κ3) is 3.58. The highest BCUT2D eigenvalue weighted by Crippen LogP contribution is 2.28. The van der Waals surface area contributed by atoms with Gasteiger partial charge in [0.2, 0.25) is 10.0 Å². The fraction of sp³-hybridized carbons (Fsp3) is 0.400. The lowest BCUT2D eigenvalue weighted by Crippen LogP contribution is -2.49. The second kappa shape index (κ2) is 6.81. The summed E-state index contributed by atoms with van der Waals surface area (Å²) in [6.07, 6.45) is 0. The molecule has 2 aromatic rings. The molecule has 2 aromatic carbocycles. The second-order valence-electron chi connectivity index (χ2n) is 6.95. The van der Waals surface area contributed by atoms with Crippen LogP contribution in [0.4, 0.5) is 5.69 Å². The Kier molecular flexibility index (Phi) is 4.89. The molecule has 0 radical (unpaired) electrons. The van der Waals surface area contributed by atoms with Crippen LogP contribution in [0.2, 0.25) is 0 Å². The Hall–Kier alpha value is -1.85. The van der Waals surface area contributed by atoms with Gasteiger partial charge in [-0.2, -0.15) is 4.31 Å². The highest BCUT2D eigenvalue weighted by atomic mass is 32.2. The van der Waals surface area contributed by atoms with Gasteiger partial charge in [0.05, 0.1) is 4.90 Å². The summed E-state index contributed by atoms with van der Waals surface area (Å²) in [5.74, 6) is 0. The minimum absolute atomic E-state index is 0.392. The van der Waals surface area contributed by atoms with Gasteiger partial charge in [0.25, 0.3) is 0 Å². The normalized spacial score (nSPS) is 16.2. The summed E-state index contributed by atoms with van der Waals surface area (Å²) in [6.45, 7) is 10.8. The van der Waals surface area contributed by atoms with Crippen molar-refractivity contribution in [3.8, 4) is 0 Å². The largest absolute Gasteiger partial charge is 0.368 e. The first-order chi connectivity index (χ1) is 11.8. The first kappa shape index (κ1) is 18.0. The Morgan fingerprint density at radius 3 is 1.96 bits per heavy atom. The molecule has 5 heteroatoms. The fourth-order valence-electron chi connectivity index (χ4n) is 3.75. The Bertz CT molecular complexity index is 859. The molecule has 0 unspecified atom stereocenters. The third-order valence-electron chi connectivity index (χ3n) is 4.82. The highest BCUT2D eigenvalue weighted by Gasteiger charge is 2.29. The van der Waals surface area contributed by atoms with Crippen LogP contribution in [0.25, 0.3) is 0 Å². The van der Waals surface area contributed by atoms with Crippen molar-refractivity contribution in [2.45, 2.75) is 32.6 Å². The van der Waals surface area contributed by atoms with Crippen LogP contribution in [0, 0.1) is 27.7 Å². The molecule has 1 heterocycles. The first-order valence-corrected chi connectivity index (χ1v) is 10.1. The molecule has 0 bridgehead atoms. The molecule has 0 atom stereocenters. The Morgan fingerprint density at radius 1 is 0.800 bits per heavy atom. The quantitative estimate of drug-likeness (QED) is 0.844. The highest BCUT2D eigenvalue weighted by molar-refractivity contribution is 7.89. The number of anilines is 1. The zero-order valence-corrected chi connectivity index (χ0v) is 16.2. The molecule has 0 aliphatic carbocycles. The van der Waals surface area contributed by atoms with Crippen molar-refractivity contribution in [1.29, 1.82) is 0 Å². The van der Waals surface area contributed by atoms with E-state index >= 15 is 0 Å². The van der Waals surface area contributed by atoms with Crippen molar-refractivity contribution < 1.29 is 8.42 Å². The predicted molar refractivity (Wildman–Crippen MR) is 103 cm³/mol. The zero-order chi connectivity index (χ0) is 18.2. The summed E-state index contributed by atoms with van der Waals surface area (Å²) in [5.41, 5.74) is 5.99. The molecule has 0 aromatic heterocycles. The molecule has 0 amide bonds. The lowest BCUT2D eigenvalue weighted by Gasteiger charge is -2.37. The van der Waals surface area contributed by atoms with E-state index < -0.39 is 10.0 Å². The van der Waals surface area contributed by atoms with Crippen LogP contribution in [0.5, 0.6) is 0 Å². The number of aryl methyl sites for hydroxylation is 4. The van der Waals surface area contributed by atoms with E-state index in [2.05, 4.69) is 37.8 Å². The van der Waals surface area contributed by atoms with E-state index in [4.69, 9.17) is 0 Å². The van der Waals surface area contributed by atoms with Crippen molar-refractivity contribution in [3.05, 3.63) is 58.7 Å². The molecule has 1 fully saturated rings. The summed E-state index contributed by atoms with van der Waals surface area (Å²) >= 11 is 0. The number of piperazine rings is 1. The van der Waals surface area contributed by atoms with Crippen LogP contribution in [0.15, 0.2) is 41.3 Å². The molecular weight excluding hydrogens is 332 g/mol. The van der Waals surface area contributed by atoms with Crippen LogP contribution in [0.1, 0.15) is 22.3 Å². The minimum Gasteiger partial charge on any atom is -0.368 e. The van der Waals surface area contributed by atoms with Crippen LogP contribution >= 0.6 is 0 Å². The summed E-state index contributed by atoms with van der Waals surface area (Å²) in [4.78, 5) is 2.70. The van der Waals surface area contributed by atoms with Crippen molar-refractivity contribution in [2.75, 3.05) is 31.1 Å². The smallest absolute Gasteiger partial charge is 0.243 e. The van der Waals surface area contributed by atoms with Crippen molar-refractivity contribution in [2.24, 2.45) is 0 Å². The Labute approximate surface area is 151 Å². The van der Waals surface area contributed by atoms with E-state index in [0.717, 1.165) is 18.7 Å². The third-order valence-corrected chi connectivity index (χ3v) is 6.71. The van der Waals surface area contributed by atoms with E-state index in [-0.39, 0.29) is 0 Å². The molecule has 0 N–H and O–H groups in total. The Morgan fingerprint density at radius 2 is 1.40 bits per heavy atom. The van der Waals surface area contributed by atoms with Crippen molar-refractivity contribution in [1.82, 2.24) is 4.31 Å². The molecule has 0 saturated carbocycles. The van der Waals surface area contributed by atoms with E-state index in [1.54, 1.807) is 22.5 Å². The van der Waals surface area contributed by atoms with E-state index in [9.17, 15) is 8.42 Å². The molecule has 0 spiro atoms. The van der Waals surface area contributed by atoms with Crippen LogP contribution in [-0.2, 0) is 10.0 Å². The number of nitrogens with zero attached hydrogens (tertiary/aromatic N) is 2. The summed E-state index contributed by atoms with van der Waals surface area (Å²) < 4.78 is 27.3. The van der Waals surface area contributed by atoms with Crippen LogP contribution in [-0.4, -0.2) is 38.9 Å². The number of hydrogen-bond acceptors (Lipinski definition) is 3. The summed E-state index contributed by atoms with van der Waals surface area (Å²) in [5, 5.41) is 0. The molecule has 134 valence electrons. The van der Waals surface area contributed by atoms with Gasteiger partial charge < -0.3 is 4.90 Å². The maximum Gasteiger partial charge on any atom is 0.243 e. The van der Waals surface area contributed by atoms with Crippen LogP contribution < -0.4 is 4.90 Å². The van der Waals surface area contributed by atoms with Crippen LogP contribution in [0.3, 0.4) is 0 Å². The molecule has 1 saturated heterocycles. The van der Waals surface area contributed by atoms with Gasteiger partial charge >= 0.3 is 0 Å². The van der Waals surface area contributed by atoms with Gasteiger partial charge in [-0.1, -0.05) is 29.8 Å². The number of benzene rings is 2. The fourth-order valence-corrected chi connectivity index (χ4v) is 5.28. The van der Waals surface area contributed by atoms with E-state index in [1.165, 1.54) is 22.4 Å². The second-order valence-corrected chi connectivity index (χ2v) is 8.89. The predicted octanol–water partition coefficient (Wildman–Crippen LogP) is 3.43. The monoisotopic (exact) mass is 358 g/mol. The molecular formula is C20H26N2O2S. The van der Waals surface area contributed by atoms with Crippen molar-refractivity contribution >= 4 is 15.7 Å². The average molecular weight is 359 g/mol. The number of hydrogen-bond donors (Lipinski definition) is 0. The standard InChI is InChI=1S/C20H26N2O2S/c1-15-6-5-7-19(14-15)25(23,24)22-10-8-21(9-11-22)20-17(3)12-16(2)13-18(20)4/h5-7,12-14H,8-11H2,1-4H3. The lowest BCUT2D eigenvalue weighted by atomic mass is 10.0. The summed E-state index contributed by atoms with van der Waals surface area (Å²) in [6, 6.07) is 11.5. The van der Waals surface area contributed by atoms with Gasteiger partial charge in [-0.25, -0.2) is 8.42 Å². The SMILES string of the molecule is Cc1cccc(S(=O)(=O)N2CCN(c3c(C)cc(C)cc3C)CC2)c1. The Balaban J connectivity index is 1.78. The molecule has 25 heavy (non-hydrogen) atoms. The van der Waals surface area contributed by atoms with Gasteiger partial charge in [0, 0.05) is 31.9 Å². The van der Waals surface area contributed by atoms with Gasteiger partial charge in [0.15, 0.2) is 0 Å². The topological polar surface area (TPSA) is 40.6 Å². The number of sulfonamides is 1. The first-order valence-electron chi connectivity index (χ1n) is 8.68.